The molecule has 4 rings (SSSR count). The molecule has 0 fully saturated rings. The van der Waals surface area contributed by atoms with Crippen molar-refractivity contribution in [2.24, 2.45) is 0 Å². The lowest BCUT2D eigenvalue weighted by Crippen LogP contribution is -2.33. The Morgan fingerprint density at radius 2 is 1.44 bits per heavy atom. The summed E-state index contributed by atoms with van der Waals surface area (Å²) in [4.78, 5) is 38.0. The molecule has 0 spiro atoms. The second-order valence-electron chi connectivity index (χ2n) is 7.31. The van der Waals surface area contributed by atoms with Crippen LogP contribution in [0.1, 0.15) is 31.1 Å². The van der Waals surface area contributed by atoms with Gasteiger partial charge in [0.05, 0.1) is 34.4 Å². The number of methoxy groups -OCH3 is 1. The molecule has 0 aliphatic carbocycles. The normalized spacial score (nSPS) is 12.9. The van der Waals surface area contributed by atoms with E-state index in [1.807, 2.05) is 0 Å². The second kappa shape index (κ2) is 8.99. The van der Waals surface area contributed by atoms with E-state index >= 15 is 0 Å². The van der Waals surface area contributed by atoms with Crippen molar-refractivity contribution in [3.8, 4) is 5.75 Å². The number of para-hydroxylation sites is 2. The maximum Gasteiger partial charge on any atom is 0.339 e. The van der Waals surface area contributed by atoms with Crippen molar-refractivity contribution >= 4 is 33.5 Å². The topological polar surface area (TPSA) is 110 Å². The number of imide groups is 1. The highest BCUT2D eigenvalue weighted by molar-refractivity contribution is 7.92. The first-order valence-electron chi connectivity index (χ1n) is 10.1. The van der Waals surface area contributed by atoms with Gasteiger partial charge in [0, 0.05) is 7.05 Å². The molecule has 0 saturated heterocycles. The summed E-state index contributed by atoms with van der Waals surface area (Å²) in [6.45, 7) is -0.554. The highest BCUT2D eigenvalue weighted by Crippen LogP contribution is 2.31. The van der Waals surface area contributed by atoms with Crippen LogP contribution in [-0.2, 0) is 14.8 Å². The van der Waals surface area contributed by atoms with Crippen LogP contribution in [-0.4, -0.2) is 52.0 Å². The highest BCUT2D eigenvalue weighted by atomic mass is 32.2. The molecular weight excluding hydrogens is 460 g/mol. The van der Waals surface area contributed by atoms with Crippen LogP contribution in [0.25, 0.3) is 0 Å². The molecule has 174 valence electrons. The summed E-state index contributed by atoms with van der Waals surface area (Å²) in [5, 5.41) is 0. The van der Waals surface area contributed by atoms with Crippen LogP contribution in [0.4, 0.5) is 5.69 Å². The number of rotatable bonds is 7. The number of esters is 1. The maximum atomic E-state index is 13.0. The number of nitrogens with zero attached hydrogens (tertiary/aromatic N) is 2. The van der Waals surface area contributed by atoms with Crippen LogP contribution in [0.5, 0.6) is 5.75 Å². The van der Waals surface area contributed by atoms with Gasteiger partial charge in [-0.1, -0.05) is 24.3 Å². The van der Waals surface area contributed by atoms with Crippen LogP contribution in [0.3, 0.4) is 0 Å². The highest BCUT2D eigenvalue weighted by Gasteiger charge is 2.35. The molecule has 0 atom stereocenters. The maximum absolute atomic E-state index is 13.0. The Morgan fingerprint density at radius 3 is 2.03 bits per heavy atom. The first-order chi connectivity index (χ1) is 16.3. The number of amides is 2. The summed E-state index contributed by atoms with van der Waals surface area (Å²) in [5.41, 5.74) is 0.916. The zero-order valence-electron chi connectivity index (χ0n) is 18.3. The monoisotopic (exact) mass is 480 g/mol. The fraction of sp³-hybridized carbons (Fsp3) is 0.125. The van der Waals surface area contributed by atoms with Crippen LogP contribution in [0.2, 0.25) is 0 Å². The third-order valence-electron chi connectivity index (χ3n) is 5.38. The summed E-state index contributed by atoms with van der Waals surface area (Å²) >= 11 is 0. The average Bonchev–Trinajstić information content (AvgIpc) is 3.11. The molecule has 0 saturated carbocycles. The quantitative estimate of drug-likeness (QED) is 0.378. The van der Waals surface area contributed by atoms with Crippen LogP contribution in [0, 0.1) is 0 Å². The van der Waals surface area contributed by atoms with Crippen molar-refractivity contribution < 1.29 is 32.3 Å². The SMILES string of the molecule is COc1ccccc1N(C)S(=O)(=O)c1ccc(C(=O)OCN2C(=O)c3ccccc3C2=O)cc1. The van der Waals surface area contributed by atoms with Gasteiger partial charge in [-0.15, -0.1) is 0 Å². The van der Waals surface area contributed by atoms with Crippen LogP contribution < -0.4 is 9.04 Å². The Bertz CT molecular complexity index is 1350. The number of fused-ring (bicyclic) bond motifs is 1. The van der Waals surface area contributed by atoms with Crippen molar-refractivity contribution in [2.45, 2.75) is 4.90 Å². The molecule has 9 nitrogen and oxygen atoms in total. The second-order valence-corrected chi connectivity index (χ2v) is 9.28. The van der Waals surface area contributed by atoms with Gasteiger partial charge >= 0.3 is 5.97 Å². The van der Waals surface area contributed by atoms with E-state index in [0.29, 0.717) is 11.4 Å². The van der Waals surface area contributed by atoms with Gasteiger partial charge in [-0.3, -0.25) is 13.9 Å². The fourth-order valence-electron chi connectivity index (χ4n) is 3.50. The summed E-state index contributed by atoms with van der Waals surface area (Å²) < 4.78 is 37.5. The molecule has 3 aromatic rings. The number of ether oxygens (including phenoxy) is 2. The number of hydrogen-bond donors (Lipinski definition) is 0. The van der Waals surface area contributed by atoms with Gasteiger partial charge in [-0.25, -0.2) is 18.1 Å². The third kappa shape index (κ3) is 3.99. The minimum atomic E-state index is -3.93. The van der Waals surface area contributed by atoms with Gasteiger partial charge < -0.3 is 9.47 Å². The summed E-state index contributed by atoms with van der Waals surface area (Å²) in [6, 6.07) is 18.2. The largest absolute Gasteiger partial charge is 0.495 e. The minimum Gasteiger partial charge on any atom is -0.495 e. The molecule has 1 heterocycles. The lowest BCUT2D eigenvalue weighted by Gasteiger charge is -2.21. The van der Waals surface area contributed by atoms with Gasteiger partial charge in [-0.05, 0) is 48.5 Å². The average molecular weight is 480 g/mol. The van der Waals surface area contributed by atoms with Crippen molar-refractivity contribution in [2.75, 3.05) is 25.2 Å². The molecule has 0 aromatic heterocycles. The summed E-state index contributed by atoms with van der Waals surface area (Å²) in [7, 11) is -1.09. The van der Waals surface area contributed by atoms with E-state index in [4.69, 9.17) is 9.47 Å². The first-order valence-corrected chi connectivity index (χ1v) is 11.5. The molecule has 0 unspecified atom stereocenters. The van der Waals surface area contributed by atoms with E-state index in [1.54, 1.807) is 36.4 Å². The molecular formula is C24H20N2O7S. The summed E-state index contributed by atoms with van der Waals surface area (Å²) in [5.74, 6) is -1.51. The van der Waals surface area contributed by atoms with Crippen molar-refractivity contribution in [1.29, 1.82) is 0 Å². The number of hydrogen-bond acceptors (Lipinski definition) is 7. The number of carbonyl (C=O) groups is 3. The van der Waals surface area contributed by atoms with Gasteiger partial charge in [0.15, 0.2) is 6.73 Å². The van der Waals surface area contributed by atoms with Crippen LogP contribution in [0.15, 0.2) is 77.7 Å². The van der Waals surface area contributed by atoms with E-state index in [-0.39, 0.29) is 21.6 Å². The fourth-order valence-corrected chi connectivity index (χ4v) is 4.71. The lowest BCUT2D eigenvalue weighted by molar-refractivity contribution is 0.0228. The van der Waals surface area contributed by atoms with E-state index in [0.717, 1.165) is 9.21 Å². The predicted molar refractivity (Wildman–Crippen MR) is 122 cm³/mol. The van der Waals surface area contributed by atoms with Gasteiger partial charge in [0.1, 0.15) is 5.75 Å². The molecule has 34 heavy (non-hydrogen) atoms. The lowest BCUT2D eigenvalue weighted by atomic mass is 10.1. The molecule has 0 N–H and O–H groups in total. The van der Waals surface area contributed by atoms with Crippen molar-refractivity contribution in [3.05, 3.63) is 89.5 Å². The van der Waals surface area contributed by atoms with E-state index < -0.39 is 34.5 Å². The van der Waals surface area contributed by atoms with E-state index in [2.05, 4.69) is 0 Å². The smallest absolute Gasteiger partial charge is 0.339 e. The minimum absolute atomic E-state index is 0.0437. The molecule has 2 amide bonds. The van der Waals surface area contributed by atoms with Gasteiger partial charge in [-0.2, -0.15) is 0 Å². The van der Waals surface area contributed by atoms with Gasteiger partial charge in [0.2, 0.25) is 0 Å². The van der Waals surface area contributed by atoms with Crippen LogP contribution >= 0.6 is 0 Å². The van der Waals surface area contributed by atoms with Gasteiger partial charge in [0.25, 0.3) is 21.8 Å². The predicted octanol–water partition coefficient (Wildman–Crippen LogP) is 2.93. The zero-order chi connectivity index (χ0) is 24.5. The first kappa shape index (κ1) is 23.0. The molecule has 0 bridgehead atoms. The number of benzene rings is 3. The Hall–Kier alpha value is -4.18. The Balaban J connectivity index is 1.46. The number of sulfonamides is 1. The van der Waals surface area contributed by atoms with Crippen molar-refractivity contribution in [1.82, 2.24) is 4.90 Å². The molecule has 3 aromatic carbocycles. The third-order valence-corrected chi connectivity index (χ3v) is 7.16. The Morgan fingerprint density at radius 1 is 0.882 bits per heavy atom. The number of carbonyl (C=O) groups excluding carboxylic acids is 3. The Kier molecular flexibility index (Phi) is 6.08. The molecule has 1 aliphatic heterocycles. The van der Waals surface area contributed by atoms with E-state index in [1.165, 1.54) is 50.6 Å². The zero-order valence-corrected chi connectivity index (χ0v) is 19.1. The molecule has 0 radical (unpaired) electrons. The summed E-state index contributed by atoms with van der Waals surface area (Å²) in [6.07, 6.45) is 0. The Labute approximate surface area is 196 Å². The number of anilines is 1. The van der Waals surface area contributed by atoms with Crippen molar-refractivity contribution in [3.63, 3.8) is 0 Å². The van der Waals surface area contributed by atoms with E-state index in [9.17, 15) is 22.8 Å². The molecule has 10 heteroatoms. The molecule has 1 aliphatic rings. The standard InChI is InChI=1S/C24H20N2O7S/c1-25(20-9-5-6-10-21(20)32-2)34(30,31)17-13-11-16(12-14-17)24(29)33-15-26-22(27)18-7-3-4-8-19(18)23(26)28/h3-14H,15H2,1-2H3.